The van der Waals surface area contributed by atoms with E-state index in [2.05, 4.69) is 0 Å². The third-order valence-corrected chi connectivity index (χ3v) is 2.23. The zero-order chi connectivity index (χ0) is 8.65. The highest BCUT2D eigenvalue weighted by atomic mass is 16.2. The third kappa shape index (κ3) is 1.71. The lowest BCUT2D eigenvalue weighted by molar-refractivity contribution is -0.129. The number of hydrogen-bond donors (Lipinski definition) is 1. The summed E-state index contributed by atoms with van der Waals surface area (Å²) in [5, 5.41) is 0. The van der Waals surface area contributed by atoms with Crippen molar-refractivity contribution in [1.82, 2.24) is 4.90 Å². The van der Waals surface area contributed by atoms with Crippen LogP contribution in [0.2, 0.25) is 0 Å². The minimum atomic E-state index is -0.176. The van der Waals surface area contributed by atoms with Crippen molar-refractivity contribution in [2.75, 3.05) is 6.54 Å². The first-order chi connectivity index (χ1) is 4.92. The second-order valence-corrected chi connectivity index (χ2v) is 3.85. The van der Waals surface area contributed by atoms with E-state index in [4.69, 9.17) is 5.73 Å². The Morgan fingerprint density at radius 1 is 1.73 bits per heavy atom. The highest BCUT2D eigenvalue weighted by molar-refractivity contribution is 5.74. The van der Waals surface area contributed by atoms with Gasteiger partial charge in [-0.05, 0) is 20.3 Å². The normalized spacial score (nSPS) is 37.8. The number of carbonyl (C=O) groups excluding carboxylic acids is 1. The maximum absolute atomic E-state index is 11.0. The average molecular weight is 156 g/mol. The standard InChI is InChI=1S/C8H16N2O/c1-6-4-8(3,9)5-10(6)7(2)11/h6H,4-5,9H2,1-3H3/t6-,8-/m1/s1. The summed E-state index contributed by atoms with van der Waals surface area (Å²) in [6.07, 6.45) is 0.909. The van der Waals surface area contributed by atoms with Gasteiger partial charge in [-0.3, -0.25) is 4.79 Å². The van der Waals surface area contributed by atoms with Crippen molar-refractivity contribution in [2.45, 2.75) is 38.8 Å². The summed E-state index contributed by atoms with van der Waals surface area (Å²) >= 11 is 0. The summed E-state index contributed by atoms with van der Waals surface area (Å²) in [6, 6.07) is 0.308. The Morgan fingerprint density at radius 3 is 2.45 bits per heavy atom. The molecule has 0 radical (unpaired) electrons. The Morgan fingerprint density at radius 2 is 2.27 bits per heavy atom. The predicted octanol–water partition coefficient (Wildman–Crippen LogP) is 0.345. The second-order valence-electron chi connectivity index (χ2n) is 3.85. The number of hydrogen-bond acceptors (Lipinski definition) is 2. The molecule has 2 atom stereocenters. The van der Waals surface area contributed by atoms with E-state index in [0.29, 0.717) is 12.6 Å². The van der Waals surface area contributed by atoms with Gasteiger partial charge in [-0.2, -0.15) is 0 Å². The molecule has 0 spiro atoms. The Bertz CT molecular complexity index is 177. The molecule has 3 nitrogen and oxygen atoms in total. The average Bonchev–Trinajstić information content (AvgIpc) is 2.05. The van der Waals surface area contributed by atoms with E-state index in [1.807, 2.05) is 18.7 Å². The molecule has 0 aromatic rings. The molecule has 0 aliphatic carbocycles. The smallest absolute Gasteiger partial charge is 0.219 e. The van der Waals surface area contributed by atoms with Crippen LogP contribution in [0.4, 0.5) is 0 Å². The molecule has 3 heteroatoms. The van der Waals surface area contributed by atoms with Crippen molar-refractivity contribution in [3.05, 3.63) is 0 Å². The van der Waals surface area contributed by atoms with Crippen LogP contribution in [0.25, 0.3) is 0 Å². The van der Waals surface area contributed by atoms with Crippen LogP contribution >= 0.6 is 0 Å². The van der Waals surface area contributed by atoms with Crippen LogP contribution in [0.3, 0.4) is 0 Å². The molecule has 1 fully saturated rings. The number of nitrogens with zero attached hydrogens (tertiary/aromatic N) is 1. The van der Waals surface area contributed by atoms with Crippen LogP contribution in [0.15, 0.2) is 0 Å². The summed E-state index contributed by atoms with van der Waals surface area (Å²) < 4.78 is 0. The van der Waals surface area contributed by atoms with Crippen LogP contribution in [0.5, 0.6) is 0 Å². The summed E-state index contributed by atoms with van der Waals surface area (Å²) in [6.45, 7) is 6.33. The van der Waals surface area contributed by atoms with Gasteiger partial charge in [0.1, 0.15) is 0 Å². The maximum Gasteiger partial charge on any atom is 0.219 e. The molecule has 11 heavy (non-hydrogen) atoms. The summed E-state index contributed by atoms with van der Waals surface area (Å²) in [5.74, 6) is 0.131. The van der Waals surface area contributed by atoms with Gasteiger partial charge in [-0.25, -0.2) is 0 Å². The van der Waals surface area contributed by atoms with E-state index in [1.54, 1.807) is 6.92 Å². The lowest BCUT2D eigenvalue weighted by atomic mass is 10.0. The molecule has 1 aliphatic rings. The predicted molar refractivity (Wildman–Crippen MR) is 44.1 cm³/mol. The van der Waals surface area contributed by atoms with Crippen molar-refractivity contribution in [3.8, 4) is 0 Å². The van der Waals surface area contributed by atoms with Gasteiger partial charge >= 0.3 is 0 Å². The lowest BCUT2D eigenvalue weighted by Gasteiger charge is -2.20. The Labute approximate surface area is 67.5 Å². The number of nitrogens with two attached hydrogens (primary N) is 1. The van der Waals surface area contributed by atoms with Crippen LogP contribution < -0.4 is 5.73 Å². The fourth-order valence-corrected chi connectivity index (χ4v) is 1.82. The molecule has 64 valence electrons. The number of amides is 1. The fraction of sp³-hybridized carbons (Fsp3) is 0.875. The molecule has 0 aromatic carbocycles. The van der Waals surface area contributed by atoms with E-state index < -0.39 is 0 Å². The number of carbonyl (C=O) groups is 1. The van der Waals surface area contributed by atoms with E-state index in [-0.39, 0.29) is 11.4 Å². The zero-order valence-electron chi connectivity index (χ0n) is 7.42. The molecule has 0 saturated carbocycles. The Kier molecular flexibility index (Phi) is 1.92. The first-order valence-corrected chi connectivity index (χ1v) is 3.98. The SMILES string of the molecule is CC(=O)N1C[C@](C)(N)C[C@H]1C. The minimum absolute atomic E-state index is 0.131. The molecule has 0 bridgehead atoms. The van der Waals surface area contributed by atoms with Gasteiger partial charge in [0.25, 0.3) is 0 Å². The first-order valence-electron chi connectivity index (χ1n) is 3.98. The van der Waals surface area contributed by atoms with Crippen LogP contribution in [0.1, 0.15) is 27.2 Å². The van der Waals surface area contributed by atoms with Crippen molar-refractivity contribution < 1.29 is 4.79 Å². The summed E-state index contributed by atoms with van der Waals surface area (Å²) in [7, 11) is 0. The summed E-state index contributed by atoms with van der Waals surface area (Å²) in [5.41, 5.74) is 5.73. The molecule has 0 aromatic heterocycles. The zero-order valence-corrected chi connectivity index (χ0v) is 7.42. The van der Waals surface area contributed by atoms with E-state index >= 15 is 0 Å². The topological polar surface area (TPSA) is 46.3 Å². The summed E-state index contributed by atoms with van der Waals surface area (Å²) in [4.78, 5) is 12.8. The fourth-order valence-electron chi connectivity index (χ4n) is 1.82. The number of rotatable bonds is 0. The van der Waals surface area contributed by atoms with Crippen molar-refractivity contribution in [1.29, 1.82) is 0 Å². The largest absolute Gasteiger partial charge is 0.338 e. The molecule has 1 heterocycles. The molecule has 2 N–H and O–H groups in total. The molecule has 1 rings (SSSR count). The molecule has 1 amide bonds. The van der Waals surface area contributed by atoms with Crippen molar-refractivity contribution >= 4 is 5.91 Å². The highest BCUT2D eigenvalue weighted by Gasteiger charge is 2.36. The van der Waals surface area contributed by atoms with E-state index in [1.165, 1.54) is 0 Å². The lowest BCUT2D eigenvalue weighted by Crippen LogP contribution is -2.40. The van der Waals surface area contributed by atoms with Gasteiger partial charge in [0.05, 0.1) is 0 Å². The van der Waals surface area contributed by atoms with Gasteiger partial charge in [-0.1, -0.05) is 0 Å². The third-order valence-electron chi connectivity index (χ3n) is 2.23. The Hall–Kier alpha value is -0.570. The quantitative estimate of drug-likeness (QED) is 0.550. The number of likely N-dealkylation sites (tertiary alicyclic amines) is 1. The maximum atomic E-state index is 11.0. The Balaban J connectivity index is 2.66. The molecular weight excluding hydrogens is 140 g/mol. The van der Waals surface area contributed by atoms with E-state index in [0.717, 1.165) is 6.42 Å². The molecule has 1 saturated heterocycles. The van der Waals surface area contributed by atoms with Crippen LogP contribution in [-0.2, 0) is 4.79 Å². The van der Waals surface area contributed by atoms with E-state index in [9.17, 15) is 4.79 Å². The van der Waals surface area contributed by atoms with Gasteiger partial charge in [0, 0.05) is 25.0 Å². The van der Waals surface area contributed by atoms with Crippen molar-refractivity contribution in [2.24, 2.45) is 5.73 Å². The monoisotopic (exact) mass is 156 g/mol. The molecular formula is C8H16N2O. The first kappa shape index (κ1) is 8.53. The highest BCUT2D eigenvalue weighted by Crippen LogP contribution is 2.23. The van der Waals surface area contributed by atoms with Gasteiger partial charge in [0.15, 0.2) is 0 Å². The van der Waals surface area contributed by atoms with Crippen LogP contribution in [0, 0.1) is 0 Å². The van der Waals surface area contributed by atoms with Gasteiger partial charge in [-0.15, -0.1) is 0 Å². The minimum Gasteiger partial charge on any atom is -0.338 e. The van der Waals surface area contributed by atoms with Gasteiger partial charge < -0.3 is 10.6 Å². The second kappa shape index (κ2) is 2.48. The van der Waals surface area contributed by atoms with Crippen LogP contribution in [-0.4, -0.2) is 28.9 Å². The molecule has 1 aliphatic heterocycles. The van der Waals surface area contributed by atoms with Gasteiger partial charge in [0.2, 0.25) is 5.91 Å². The van der Waals surface area contributed by atoms with Crippen molar-refractivity contribution in [3.63, 3.8) is 0 Å². The molecule has 0 unspecified atom stereocenters.